The zero-order chi connectivity index (χ0) is 15.2. The van der Waals surface area contributed by atoms with Crippen molar-refractivity contribution in [3.8, 4) is 0 Å². The zero-order valence-corrected chi connectivity index (χ0v) is 12.8. The number of rotatable bonds is 6. The fourth-order valence-corrected chi connectivity index (χ4v) is 2.71. The summed E-state index contributed by atoms with van der Waals surface area (Å²) >= 11 is 0. The van der Waals surface area contributed by atoms with Crippen molar-refractivity contribution >= 4 is 5.69 Å². The fraction of sp³-hybridized carbons (Fsp3) is 0.600. The van der Waals surface area contributed by atoms with Gasteiger partial charge in [0.25, 0.3) is 5.69 Å². The lowest BCUT2D eigenvalue weighted by Crippen LogP contribution is -2.53. The summed E-state index contributed by atoms with van der Waals surface area (Å²) in [5.74, 6) is 0. The standard InChI is InChI=1S/C15H24N4O2/c1-17-9-10-18(2)14(12-17)11-16-8-7-13-5-3-4-6-15(13)19(20)21/h3-6,14,16H,7-12H2,1-2H3. The fourth-order valence-electron chi connectivity index (χ4n) is 2.71. The Kier molecular flexibility index (Phi) is 5.67. The van der Waals surface area contributed by atoms with E-state index < -0.39 is 0 Å². The van der Waals surface area contributed by atoms with Crippen molar-refractivity contribution in [2.75, 3.05) is 46.8 Å². The van der Waals surface area contributed by atoms with E-state index in [4.69, 9.17) is 0 Å². The molecule has 1 aromatic carbocycles. The predicted octanol–water partition coefficient (Wildman–Crippen LogP) is 0.973. The Morgan fingerprint density at radius 2 is 2.10 bits per heavy atom. The number of likely N-dealkylation sites (N-methyl/N-ethyl adjacent to an activating group) is 2. The number of nitro benzene ring substituents is 1. The summed E-state index contributed by atoms with van der Waals surface area (Å²) in [5, 5.41) is 14.4. The van der Waals surface area contributed by atoms with E-state index in [0.29, 0.717) is 12.5 Å². The van der Waals surface area contributed by atoms with Crippen molar-refractivity contribution < 1.29 is 4.92 Å². The van der Waals surface area contributed by atoms with Gasteiger partial charge in [-0.3, -0.25) is 15.0 Å². The third-order valence-corrected chi connectivity index (χ3v) is 4.12. The van der Waals surface area contributed by atoms with Crippen LogP contribution in [0.4, 0.5) is 5.69 Å². The molecule has 0 aliphatic carbocycles. The lowest BCUT2D eigenvalue weighted by Gasteiger charge is -2.37. The third-order valence-electron chi connectivity index (χ3n) is 4.12. The molecule has 1 N–H and O–H groups in total. The van der Waals surface area contributed by atoms with E-state index >= 15 is 0 Å². The topological polar surface area (TPSA) is 61.6 Å². The molecule has 116 valence electrons. The Hall–Kier alpha value is -1.50. The van der Waals surface area contributed by atoms with Gasteiger partial charge in [-0.15, -0.1) is 0 Å². The van der Waals surface area contributed by atoms with Crippen molar-refractivity contribution in [1.82, 2.24) is 15.1 Å². The first kappa shape index (κ1) is 15.9. The molecule has 0 saturated carbocycles. The molecule has 0 aromatic heterocycles. The maximum Gasteiger partial charge on any atom is 0.272 e. The van der Waals surface area contributed by atoms with Crippen LogP contribution in [-0.4, -0.2) is 67.6 Å². The molecule has 6 heteroatoms. The minimum atomic E-state index is -0.306. The van der Waals surface area contributed by atoms with Gasteiger partial charge in [-0.2, -0.15) is 0 Å². The van der Waals surface area contributed by atoms with Gasteiger partial charge in [0.2, 0.25) is 0 Å². The molecule has 0 spiro atoms. The molecule has 0 amide bonds. The largest absolute Gasteiger partial charge is 0.315 e. The van der Waals surface area contributed by atoms with Crippen LogP contribution in [0.25, 0.3) is 0 Å². The zero-order valence-electron chi connectivity index (χ0n) is 12.8. The highest BCUT2D eigenvalue weighted by molar-refractivity contribution is 5.39. The Balaban J connectivity index is 1.78. The summed E-state index contributed by atoms with van der Waals surface area (Å²) in [6.45, 7) is 4.95. The highest BCUT2D eigenvalue weighted by Crippen LogP contribution is 2.17. The molecule has 1 saturated heterocycles. The van der Waals surface area contributed by atoms with Gasteiger partial charge in [-0.25, -0.2) is 0 Å². The van der Waals surface area contributed by atoms with Crippen LogP contribution >= 0.6 is 0 Å². The average Bonchev–Trinajstić information content (AvgIpc) is 2.47. The summed E-state index contributed by atoms with van der Waals surface area (Å²) in [6, 6.07) is 7.47. The van der Waals surface area contributed by atoms with Crippen molar-refractivity contribution in [2.24, 2.45) is 0 Å². The Morgan fingerprint density at radius 1 is 1.33 bits per heavy atom. The van der Waals surface area contributed by atoms with Crippen molar-refractivity contribution in [1.29, 1.82) is 0 Å². The highest BCUT2D eigenvalue weighted by Gasteiger charge is 2.21. The van der Waals surface area contributed by atoms with E-state index in [2.05, 4.69) is 29.2 Å². The first-order valence-corrected chi connectivity index (χ1v) is 7.39. The van der Waals surface area contributed by atoms with E-state index in [1.807, 2.05) is 12.1 Å². The van der Waals surface area contributed by atoms with E-state index in [9.17, 15) is 10.1 Å². The quantitative estimate of drug-likeness (QED) is 0.481. The minimum Gasteiger partial charge on any atom is -0.315 e. The second kappa shape index (κ2) is 7.49. The molecule has 2 rings (SSSR count). The molecule has 1 unspecified atom stereocenters. The van der Waals surface area contributed by atoms with Crippen LogP contribution in [0.5, 0.6) is 0 Å². The number of nitrogens with zero attached hydrogens (tertiary/aromatic N) is 3. The third kappa shape index (κ3) is 4.49. The van der Waals surface area contributed by atoms with Crippen molar-refractivity contribution in [3.05, 3.63) is 39.9 Å². The molecule has 1 atom stereocenters. The molecule has 1 aromatic rings. The monoisotopic (exact) mass is 292 g/mol. The predicted molar refractivity (Wildman–Crippen MR) is 83.6 cm³/mol. The average molecular weight is 292 g/mol. The van der Waals surface area contributed by atoms with Gasteiger partial charge in [0, 0.05) is 43.9 Å². The second-order valence-electron chi connectivity index (χ2n) is 5.74. The summed E-state index contributed by atoms with van der Waals surface area (Å²) < 4.78 is 0. The van der Waals surface area contributed by atoms with Gasteiger partial charge in [0.15, 0.2) is 0 Å². The molecule has 0 radical (unpaired) electrons. The molecule has 1 aliphatic rings. The van der Waals surface area contributed by atoms with Crippen LogP contribution in [-0.2, 0) is 6.42 Å². The second-order valence-corrected chi connectivity index (χ2v) is 5.74. The van der Waals surface area contributed by atoms with Gasteiger partial charge in [-0.05, 0) is 27.1 Å². The van der Waals surface area contributed by atoms with Crippen LogP contribution in [0.15, 0.2) is 24.3 Å². The normalized spacial score (nSPS) is 20.6. The molecular formula is C15H24N4O2. The summed E-state index contributed by atoms with van der Waals surface area (Å²) in [4.78, 5) is 15.4. The van der Waals surface area contributed by atoms with E-state index in [0.717, 1.165) is 38.3 Å². The van der Waals surface area contributed by atoms with Gasteiger partial charge < -0.3 is 10.2 Å². The van der Waals surface area contributed by atoms with Crippen LogP contribution in [0.1, 0.15) is 5.56 Å². The first-order chi connectivity index (χ1) is 10.1. The Bertz CT molecular complexity index is 480. The molecule has 1 heterocycles. The van der Waals surface area contributed by atoms with Gasteiger partial charge in [-0.1, -0.05) is 18.2 Å². The Morgan fingerprint density at radius 3 is 2.86 bits per heavy atom. The van der Waals surface area contributed by atoms with Gasteiger partial charge in [0.1, 0.15) is 0 Å². The maximum absolute atomic E-state index is 11.0. The van der Waals surface area contributed by atoms with Gasteiger partial charge in [0.05, 0.1) is 4.92 Å². The number of hydrogen-bond acceptors (Lipinski definition) is 5. The smallest absolute Gasteiger partial charge is 0.272 e. The SMILES string of the molecule is CN1CCN(C)C(CNCCc2ccccc2[N+](=O)[O-])C1. The van der Waals surface area contributed by atoms with Crippen LogP contribution < -0.4 is 5.32 Å². The summed E-state index contributed by atoms with van der Waals surface area (Å²) in [5.41, 5.74) is 1.01. The molecule has 1 aliphatic heterocycles. The number of para-hydroxylation sites is 1. The van der Waals surface area contributed by atoms with E-state index in [1.54, 1.807) is 12.1 Å². The van der Waals surface area contributed by atoms with Crippen molar-refractivity contribution in [3.63, 3.8) is 0 Å². The first-order valence-electron chi connectivity index (χ1n) is 7.39. The summed E-state index contributed by atoms with van der Waals surface area (Å²) in [7, 11) is 4.30. The van der Waals surface area contributed by atoms with E-state index in [1.165, 1.54) is 0 Å². The number of nitro groups is 1. The Labute approximate surface area is 125 Å². The maximum atomic E-state index is 11.0. The molecule has 0 bridgehead atoms. The molecule has 6 nitrogen and oxygen atoms in total. The number of piperazine rings is 1. The highest BCUT2D eigenvalue weighted by atomic mass is 16.6. The van der Waals surface area contributed by atoms with Gasteiger partial charge >= 0.3 is 0 Å². The lowest BCUT2D eigenvalue weighted by molar-refractivity contribution is -0.385. The number of hydrogen-bond donors (Lipinski definition) is 1. The molecule has 1 fully saturated rings. The lowest BCUT2D eigenvalue weighted by atomic mass is 10.1. The minimum absolute atomic E-state index is 0.216. The van der Waals surface area contributed by atoms with E-state index in [-0.39, 0.29) is 10.6 Å². The number of nitrogens with one attached hydrogen (secondary N) is 1. The van der Waals surface area contributed by atoms with Crippen LogP contribution in [0.2, 0.25) is 0 Å². The summed E-state index contributed by atoms with van der Waals surface area (Å²) in [6.07, 6.45) is 0.684. The van der Waals surface area contributed by atoms with Crippen LogP contribution in [0.3, 0.4) is 0 Å². The number of benzene rings is 1. The molecular weight excluding hydrogens is 268 g/mol. The molecule has 21 heavy (non-hydrogen) atoms. The van der Waals surface area contributed by atoms with Crippen LogP contribution in [0, 0.1) is 10.1 Å². The van der Waals surface area contributed by atoms with Crippen molar-refractivity contribution in [2.45, 2.75) is 12.5 Å².